The van der Waals surface area contributed by atoms with Gasteiger partial charge in [-0.15, -0.1) is 0 Å². The minimum Gasteiger partial charge on any atom is -0.489 e. The van der Waals surface area contributed by atoms with Gasteiger partial charge < -0.3 is 10.5 Å². The highest BCUT2D eigenvalue weighted by Gasteiger charge is 2.07. The van der Waals surface area contributed by atoms with Crippen molar-refractivity contribution < 1.29 is 4.74 Å². The van der Waals surface area contributed by atoms with Gasteiger partial charge in [0.1, 0.15) is 5.75 Å². The van der Waals surface area contributed by atoms with Gasteiger partial charge >= 0.3 is 0 Å². The molecule has 0 heterocycles. The van der Waals surface area contributed by atoms with Crippen LogP contribution in [0.2, 0.25) is 10.0 Å². The van der Waals surface area contributed by atoms with E-state index in [1.807, 2.05) is 32.0 Å². The van der Waals surface area contributed by atoms with Crippen molar-refractivity contribution in [2.45, 2.75) is 26.9 Å². The van der Waals surface area contributed by atoms with Crippen LogP contribution in [0, 0.1) is 6.92 Å². The molecule has 2 aromatic carbocycles. The number of benzene rings is 2. The summed E-state index contributed by atoms with van der Waals surface area (Å²) in [5, 5.41) is 0.925. The average Bonchev–Trinajstić information content (AvgIpc) is 2.37. The van der Waals surface area contributed by atoms with Crippen molar-refractivity contribution in [2.24, 2.45) is 0 Å². The number of hydrogen-bond acceptors (Lipinski definition) is 2. The fraction of sp³-hybridized carbons (Fsp3) is 0.250. The molecule has 0 atom stereocenters. The van der Waals surface area contributed by atoms with Crippen molar-refractivity contribution >= 4 is 28.9 Å². The molecule has 2 aromatic rings. The Morgan fingerprint density at radius 3 is 2.05 bits per heavy atom. The van der Waals surface area contributed by atoms with Gasteiger partial charge in [0.15, 0.2) is 0 Å². The molecule has 0 aliphatic rings. The van der Waals surface area contributed by atoms with E-state index in [-0.39, 0.29) is 6.10 Å². The fourth-order valence-electron chi connectivity index (χ4n) is 1.42. The van der Waals surface area contributed by atoms with E-state index < -0.39 is 0 Å². The summed E-state index contributed by atoms with van der Waals surface area (Å²) in [6, 6.07) is 13.5. The number of halogens is 2. The lowest BCUT2D eigenvalue weighted by Crippen LogP contribution is -2.06. The summed E-state index contributed by atoms with van der Waals surface area (Å²) >= 11 is 11.6. The molecule has 0 spiro atoms. The van der Waals surface area contributed by atoms with E-state index in [0.29, 0.717) is 21.5 Å². The van der Waals surface area contributed by atoms with Crippen molar-refractivity contribution in [3.8, 4) is 5.75 Å². The largest absolute Gasteiger partial charge is 0.489 e. The van der Waals surface area contributed by atoms with Crippen LogP contribution in [-0.4, -0.2) is 6.10 Å². The van der Waals surface area contributed by atoms with E-state index in [0.717, 1.165) is 0 Å². The Bertz CT molecular complexity index is 542. The van der Waals surface area contributed by atoms with Crippen LogP contribution < -0.4 is 10.5 Å². The zero-order valence-electron chi connectivity index (χ0n) is 11.9. The van der Waals surface area contributed by atoms with Crippen LogP contribution >= 0.6 is 23.2 Å². The molecule has 0 saturated carbocycles. The highest BCUT2D eigenvalue weighted by Crippen LogP contribution is 2.32. The van der Waals surface area contributed by atoms with E-state index in [4.69, 9.17) is 33.7 Å². The first-order chi connectivity index (χ1) is 9.40. The number of nitrogen functional groups attached to an aromatic ring is 1. The fourth-order valence-corrected chi connectivity index (χ4v) is 1.85. The lowest BCUT2D eigenvalue weighted by Gasteiger charge is -2.12. The Labute approximate surface area is 130 Å². The molecule has 0 aromatic heterocycles. The Balaban J connectivity index is 0.000000240. The van der Waals surface area contributed by atoms with Crippen LogP contribution in [0.3, 0.4) is 0 Å². The molecule has 108 valence electrons. The van der Waals surface area contributed by atoms with Gasteiger partial charge in [-0.1, -0.05) is 59.1 Å². The van der Waals surface area contributed by atoms with Gasteiger partial charge in [0, 0.05) is 6.07 Å². The van der Waals surface area contributed by atoms with Gasteiger partial charge in [-0.25, -0.2) is 0 Å². The highest BCUT2D eigenvalue weighted by molar-refractivity contribution is 6.37. The molecule has 0 aliphatic carbocycles. The summed E-state index contributed by atoms with van der Waals surface area (Å²) in [5.74, 6) is 0.568. The first-order valence-electron chi connectivity index (χ1n) is 6.33. The summed E-state index contributed by atoms with van der Waals surface area (Å²) < 4.78 is 5.41. The van der Waals surface area contributed by atoms with Crippen LogP contribution in [0.1, 0.15) is 19.4 Å². The quantitative estimate of drug-likeness (QED) is 0.758. The van der Waals surface area contributed by atoms with Crippen molar-refractivity contribution in [1.82, 2.24) is 0 Å². The average molecular weight is 312 g/mol. The molecular formula is C16H19Cl2NO. The van der Waals surface area contributed by atoms with Crippen LogP contribution in [-0.2, 0) is 0 Å². The topological polar surface area (TPSA) is 35.2 Å². The van der Waals surface area contributed by atoms with Crippen LogP contribution in [0.15, 0.2) is 42.5 Å². The van der Waals surface area contributed by atoms with Gasteiger partial charge in [-0.2, -0.15) is 0 Å². The molecule has 0 amide bonds. The van der Waals surface area contributed by atoms with Crippen LogP contribution in [0.4, 0.5) is 5.69 Å². The molecule has 20 heavy (non-hydrogen) atoms. The van der Waals surface area contributed by atoms with Gasteiger partial charge in [-0.05, 0) is 26.8 Å². The third-order valence-corrected chi connectivity index (χ3v) is 2.98. The summed E-state index contributed by atoms with van der Waals surface area (Å²) in [6.45, 7) is 5.92. The Hall–Kier alpha value is -1.38. The minimum atomic E-state index is 0.0677. The zero-order chi connectivity index (χ0) is 15.1. The van der Waals surface area contributed by atoms with Crippen molar-refractivity contribution in [3.05, 3.63) is 58.1 Å². The van der Waals surface area contributed by atoms with E-state index in [9.17, 15) is 0 Å². The molecule has 0 radical (unpaired) electrons. The second kappa shape index (κ2) is 8.03. The number of hydrogen-bond donors (Lipinski definition) is 1. The maximum absolute atomic E-state index is 5.88. The van der Waals surface area contributed by atoms with Crippen molar-refractivity contribution in [3.63, 3.8) is 0 Å². The normalized spacial score (nSPS) is 9.90. The molecule has 2 N–H and O–H groups in total. The molecule has 0 fully saturated rings. The lowest BCUT2D eigenvalue weighted by atomic mass is 10.2. The molecule has 4 heteroatoms. The Morgan fingerprint density at radius 1 is 1.00 bits per heavy atom. The maximum Gasteiger partial charge on any atom is 0.140 e. The van der Waals surface area contributed by atoms with Crippen molar-refractivity contribution in [1.29, 1.82) is 0 Å². The maximum atomic E-state index is 5.88. The summed E-state index contributed by atoms with van der Waals surface area (Å²) in [5.41, 5.74) is 7.39. The SMILES string of the molecule is CC(C)Oc1cc(N)c(Cl)cc1Cl.Cc1ccccc1. The Kier molecular flexibility index (Phi) is 6.69. The zero-order valence-corrected chi connectivity index (χ0v) is 13.4. The number of anilines is 1. The first kappa shape index (κ1) is 16.7. The number of rotatable bonds is 2. The Morgan fingerprint density at radius 2 is 1.60 bits per heavy atom. The number of ether oxygens (including phenoxy) is 1. The summed E-state index contributed by atoms with van der Waals surface area (Å²) in [7, 11) is 0. The number of nitrogens with two attached hydrogens (primary N) is 1. The predicted octanol–water partition coefficient (Wildman–Crippen LogP) is 5.36. The predicted molar refractivity (Wildman–Crippen MR) is 87.8 cm³/mol. The van der Waals surface area contributed by atoms with Gasteiger partial charge in [0.2, 0.25) is 0 Å². The van der Waals surface area contributed by atoms with Crippen LogP contribution in [0.5, 0.6) is 5.75 Å². The molecule has 0 saturated heterocycles. The second-order valence-corrected chi connectivity index (χ2v) is 5.44. The third kappa shape index (κ3) is 5.72. The second-order valence-electron chi connectivity index (χ2n) is 4.63. The van der Waals surface area contributed by atoms with E-state index >= 15 is 0 Å². The van der Waals surface area contributed by atoms with Gasteiger partial charge in [0.05, 0.1) is 21.8 Å². The first-order valence-corrected chi connectivity index (χ1v) is 7.08. The van der Waals surface area contributed by atoms with Crippen LogP contribution in [0.25, 0.3) is 0 Å². The summed E-state index contributed by atoms with van der Waals surface area (Å²) in [6.07, 6.45) is 0.0677. The van der Waals surface area contributed by atoms with E-state index in [1.165, 1.54) is 5.56 Å². The smallest absolute Gasteiger partial charge is 0.140 e. The molecule has 0 bridgehead atoms. The molecule has 2 nitrogen and oxygen atoms in total. The monoisotopic (exact) mass is 311 g/mol. The van der Waals surface area contributed by atoms with Crippen molar-refractivity contribution in [2.75, 3.05) is 5.73 Å². The summed E-state index contributed by atoms with van der Waals surface area (Å²) in [4.78, 5) is 0. The van der Waals surface area contributed by atoms with Gasteiger partial charge in [-0.3, -0.25) is 0 Å². The molecule has 0 unspecified atom stereocenters. The molecule has 2 rings (SSSR count). The van der Waals surface area contributed by atoms with E-state index in [1.54, 1.807) is 12.1 Å². The van der Waals surface area contributed by atoms with Gasteiger partial charge in [0.25, 0.3) is 0 Å². The highest BCUT2D eigenvalue weighted by atomic mass is 35.5. The number of aryl methyl sites for hydroxylation is 1. The minimum absolute atomic E-state index is 0.0677. The lowest BCUT2D eigenvalue weighted by molar-refractivity contribution is 0.243. The molecule has 0 aliphatic heterocycles. The third-order valence-electron chi connectivity index (χ3n) is 2.35. The standard InChI is InChI=1S/C9H11Cl2NO.C7H8/c1-5(2)13-9-4-8(12)6(10)3-7(9)11;1-7-5-3-2-4-6-7/h3-5H,12H2,1-2H3;2-6H,1H3. The van der Waals surface area contributed by atoms with E-state index in [2.05, 4.69) is 19.1 Å². The molecular weight excluding hydrogens is 293 g/mol.